The van der Waals surface area contributed by atoms with E-state index in [9.17, 15) is 4.79 Å². The van der Waals surface area contributed by atoms with E-state index in [1.54, 1.807) is 31.3 Å². The van der Waals surface area contributed by atoms with Gasteiger partial charge in [-0.25, -0.2) is 4.98 Å². The first-order chi connectivity index (χ1) is 9.16. The van der Waals surface area contributed by atoms with Gasteiger partial charge in [-0.15, -0.1) is 0 Å². The second-order valence-electron chi connectivity index (χ2n) is 4.01. The maximum atomic E-state index is 11.9. The van der Waals surface area contributed by atoms with Crippen LogP contribution >= 0.6 is 0 Å². The normalized spacial score (nSPS) is 10.2. The van der Waals surface area contributed by atoms with Gasteiger partial charge in [-0.05, 0) is 12.1 Å². The number of aromatic amines is 1. The minimum atomic E-state index is -0.167. The summed E-state index contributed by atoms with van der Waals surface area (Å²) in [5.41, 5.74) is 6.23. The quantitative estimate of drug-likeness (QED) is 0.760. The average molecular weight is 261 g/mol. The van der Waals surface area contributed by atoms with Crippen molar-refractivity contribution in [3.8, 4) is 5.75 Å². The molecule has 0 radical (unpaired) electrons. The molecule has 0 unspecified atom stereocenters. The zero-order chi connectivity index (χ0) is 13.7. The molecule has 0 aliphatic carbocycles. The molecule has 7 heteroatoms. The predicted molar refractivity (Wildman–Crippen MR) is 69.2 cm³/mol. The van der Waals surface area contributed by atoms with Gasteiger partial charge in [0, 0.05) is 7.05 Å². The number of anilines is 1. The molecule has 0 fully saturated rings. The molecule has 2 aromatic rings. The lowest BCUT2D eigenvalue weighted by Gasteiger charge is -2.16. The number of nitrogens with one attached hydrogen (secondary N) is 1. The Bertz CT molecular complexity index is 541. The SMILES string of the molecule is CN(Cc1ncn[nH]1)C(=O)COc1ccccc1N. The first-order valence-electron chi connectivity index (χ1n) is 5.72. The van der Waals surface area contributed by atoms with E-state index in [0.717, 1.165) is 0 Å². The van der Waals surface area contributed by atoms with Gasteiger partial charge in [0.2, 0.25) is 0 Å². The summed E-state index contributed by atoms with van der Waals surface area (Å²) in [7, 11) is 1.67. The molecule has 3 N–H and O–H groups in total. The number of likely N-dealkylation sites (N-methyl/N-ethyl adjacent to an activating group) is 1. The lowest BCUT2D eigenvalue weighted by molar-refractivity contribution is -0.132. The molecule has 0 aliphatic rings. The van der Waals surface area contributed by atoms with Gasteiger partial charge in [-0.2, -0.15) is 5.10 Å². The fourth-order valence-electron chi connectivity index (χ4n) is 1.48. The molecule has 0 bridgehead atoms. The highest BCUT2D eigenvalue weighted by Crippen LogP contribution is 2.19. The van der Waals surface area contributed by atoms with E-state index in [1.165, 1.54) is 11.2 Å². The van der Waals surface area contributed by atoms with Crippen molar-refractivity contribution in [1.29, 1.82) is 0 Å². The van der Waals surface area contributed by atoms with E-state index in [1.807, 2.05) is 0 Å². The number of H-pyrrole nitrogens is 1. The molecular weight excluding hydrogens is 246 g/mol. The average Bonchev–Trinajstić information content (AvgIpc) is 2.90. The summed E-state index contributed by atoms with van der Waals surface area (Å²) in [4.78, 5) is 17.3. The van der Waals surface area contributed by atoms with Crippen molar-refractivity contribution in [2.75, 3.05) is 19.4 Å². The Morgan fingerprint density at radius 3 is 2.95 bits per heavy atom. The van der Waals surface area contributed by atoms with Gasteiger partial charge < -0.3 is 15.4 Å². The predicted octanol–water partition coefficient (Wildman–Crippen LogP) is 0.424. The van der Waals surface area contributed by atoms with Crippen LogP contribution in [0.2, 0.25) is 0 Å². The second kappa shape index (κ2) is 5.85. The molecule has 100 valence electrons. The number of ether oxygens (including phenoxy) is 1. The van der Waals surface area contributed by atoms with E-state index >= 15 is 0 Å². The number of carbonyl (C=O) groups excluding carboxylic acids is 1. The van der Waals surface area contributed by atoms with Crippen molar-refractivity contribution in [1.82, 2.24) is 20.1 Å². The van der Waals surface area contributed by atoms with E-state index in [-0.39, 0.29) is 12.5 Å². The van der Waals surface area contributed by atoms with Crippen molar-refractivity contribution < 1.29 is 9.53 Å². The Labute approximate surface area is 110 Å². The van der Waals surface area contributed by atoms with Gasteiger partial charge in [0.05, 0.1) is 12.2 Å². The van der Waals surface area contributed by atoms with Crippen molar-refractivity contribution in [3.63, 3.8) is 0 Å². The summed E-state index contributed by atoms with van der Waals surface area (Å²) >= 11 is 0. The zero-order valence-corrected chi connectivity index (χ0v) is 10.5. The van der Waals surface area contributed by atoms with Crippen molar-refractivity contribution in [3.05, 3.63) is 36.4 Å². The highest BCUT2D eigenvalue weighted by Gasteiger charge is 2.12. The number of amides is 1. The summed E-state index contributed by atoms with van der Waals surface area (Å²) in [5, 5.41) is 6.41. The van der Waals surface area contributed by atoms with Gasteiger partial charge in [0.1, 0.15) is 17.9 Å². The van der Waals surface area contributed by atoms with Crippen LogP contribution in [0.5, 0.6) is 5.75 Å². The van der Waals surface area contributed by atoms with E-state index in [0.29, 0.717) is 23.8 Å². The Morgan fingerprint density at radius 1 is 1.47 bits per heavy atom. The highest BCUT2D eigenvalue weighted by molar-refractivity contribution is 5.77. The first-order valence-corrected chi connectivity index (χ1v) is 5.72. The summed E-state index contributed by atoms with van der Waals surface area (Å²) in [5.74, 6) is 0.957. The van der Waals surface area contributed by atoms with Gasteiger partial charge in [-0.3, -0.25) is 9.89 Å². The lowest BCUT2D eigenvalue weighted by atomic mass is 10.3. The van der Waals surface area contributed by atoms with Crippen LogP contribution in [0.4, 0.5) is 5.69 Å². The maximum Gasteiger partial charge on any atom is 0.260 e. The Kier molecular flexibility index (Phi) is 3.97. The third-order valence-corrected chi connectivity index (χ3v) is 2.55. The number of hydrogen-bond donors (Lipinski definition) is 2. The second-order valence-corrected chi connectivity index (χ2v) is 4.01. The van der Waals surface area contributed by atoms with Crippen molar-refractivity contribution >= 4 is 11.6 Å². The molecule has 0 atom stereocenters. The Hall–Kier alpha value is -2.57. The number of para-hydroxylation sites is 2. The van der Waals surface area contributed by atoms with Crippen LogP contribution in [-0.4, -0.2) is 39.6 Å². The standard InChI is InChI=1S/C12H15N5O2/c1-17(6-11-14-8-15-16-11)12(18)7-19-10-5-3-2-4-9(10)13/h2-5,8H,6-7,13H2,1H3,(H,14,15,16). The molecule has 1 aromatic carbocycles. The number of nitrogen functional groups attached to an aromatic ring is 1. The number of nitrogens with zero attached hydrogens (tertiary/aromatic N) is 3. The number of benzene rings is 1. The van der Waals surface area contributed by atoms with Crippen LogP contribution in [0.15, 0.2) is 30.6 Å². The third kappa shape index (κ3) is 3.44. The Morgan fingerprint density at radius 2 is 2.26 bits per heavy atom. The molecule has 0 saturated heterocycles. The molecule has 2 rings (SSSR count). The van der Waals surface area contributed by atoms with Crippen molar-refractivity contribution in [2.24, 2.45) is 0 Å². The first kappa shape index (κ1) is 12.9. The topological polar surface area (TPSA) is 97.1 Å². The summed E-state index contributed by atoms with van der Waals surface area (Å²) in [6.45, 7) is 0.283. The van der Waals surface area contributed by atoms with Crippen LogP contribution in [-0.2, 0) is 11.3 Å². The Balaban J connectivity index is 1.86. The van der Waals surface area contributed by atoms with Gasteiger partial charge >= 0.3 is 0 Å². The van der Waals surface area contributed by atoms with E-state index < -0.39 is 0 Å². The monoisotopic (exact) mass is 261 g/mol. The van der Waals surface area contributed by atoms with Gasteiger partial charge in [-0.1, -0.05) is 12.1 Å². The smallest absolute Gasteiger partial charge is 0.260 e. The zero-order valence-electron chi connectivity index (χ0n) is 10.5. The van der Waals surface area contributed by atoms with Crippen LogP contribution < -0.4 is 10.5 Å². The fraction of sp³-hybridized carbons (Fsp3) is 0.250. The maximum absolute atomic E-state index is 11.9. The molecule has 1 amide bonds. The molecule has 0 saturated carbocycles. The van der Waals surface area contributed by atoms with Crippen LogP contribution in [0, 0.1) is 0 Å². The van der Waals surface area contributed by atoms with Gasteiger partial charge in [0.15, 0.2) is 6.61 Å². The van der Waals surface area contributed by atoms with Crippen LogP contribution in [0.25, 0.3) is 0 Å². The molecular formula is C12H15N5O2. The van der Waals surface area contributed by atoms with Crippen molar-refractivity contribution in [2.45, 2.75) is 6.54 Å². The number of nitrogens with two attached hydrogens (primary N) is 1. The number of carbonyl (C=O) groups is 1. The minimum Gasteiger partial charge on any atom is -0.482 e. The molecule has 19 heavy (non-hydrogen) atoms. The van der Waals surface area contributed by atoms with Crippen LogP contribution in [0.1, 0.15) is 5.82 Å². The number of rotatable bonds is 5. The van der Waals surface area contributed by atoms with Crippen LogP contribution in [0.3, 0.4) is 0 Å². The number of aromatic nitrogens is 3. The summed E-state index contributed by atoms with van der Waals surface area (Å²) < 4.78 is 5.38. The highest BCUT2D eigenvalue weighted by atomic mass is 16.5. The van der Waals surface area contributed by atoms with E-state index in [2.05, 4.69) is 15.2 Å². The fourth-order valence-corrected chi connectivity index (χ4v) is 1.48. The largest absolute Gasteiger partial charge is 0.482 e. The molecule has 0 aliphatic heterocycles. The molecule has 1 heterocycles. The summed E-state index contributed by atoms with van der Waals surface area (Å²) in [6.07, 6.45) is 1.40. The molecule has 0 spiro atoms. The van der Waals surface area contributed by atoms with Gasteiger partial charge in [0.25, 0.3) is 5.91 Å². The third-order valence-electron chi connectivity index (χ3n) is 2.55. The molecule has 1 aromatic heterocycles. The summed E-state index contributed by atoms with van der Waals surface area (Å²) in [6, 6.07) is 7.05. The minimum absolute atomic E-state index is 0.0706. The molecule has 7 nitrogen and oxygen atoms in total. The van der Waals surface area contributed by atoms with E-state index in [4.69, 9.17) is 10.5 Å². The number of hydrogen-bond acceptors (Lipinski definition) is 5. The lowest BCUT2D eigenvalue weighted by Crippen LogP contribution is -2.31.